The number of amides is 1. The second-order valence-electron chi connectivity index (χ2n) is 2.95. The van der Waals surface area contributed by atoms with E-state index < -0.39 is 0 Å². The van der Waals surface area contributed by atoms with Crippen molar-refractivity contribution in [3.05, 3.63) is 18.2 Å². The van der Waals surface area contributed by atoms with Crippen LogP contribution in [-0.4, -0.2) is 17.2 Å². The van der Waals surface area contributed by atoms with Crippen LogP contribution in [0.15, 0.2) is 23.3 Å². The first-order valence-electron chi connectivity index (χ1n) is 4.12. The van der Waals surface area contributed by atoms with E-state index in [4.69, 9.17) is 5.73 Å². The summed E-state index contributed by atoms with van der Waals surface area (Å²) in [5, 5.41) is 14.3. The van der Waals surface area contributed by atoms with Crippen molar-refractivity contribution in [3.8, 4) is 5.75 Å². The monoisotopic (exact) mass is 191 g/mol. The maximum Gasteiger partial charge on any atom is 0.252 e. The summed E-state index contributed by atoms with van der Waals surface area (Å²) in [5.41, 5.74) is 6.30. The lowest BCUT2D eigenvalue weighted by atomic mass is 10.2. The fraction of sp³-hybridized carbons (Fsp3) is 0.111. The minimum absolute atomic E-state index is 0.00405. The molecule has 2 rings (SSSR count). The highest BCUT2D eigenvalue weighted by molar-refractivity contribution is 6.05. The van der Waals surface area contributed by atoms with E-state index in [0.717, 1.165) is 0 Å². The number of carbonyl (C=O) groups is 1. The molecule has 0 saturated carbocycles. The van der Waals surface area contributed by atoms with Crippen molar-refractivity contribution in [1.29, 1.82) is 0 Å². The minimum atomic E-state index is -0.102. The molecule has 1 aromatic rings. The highest BCUT2D eigenvalue weighted by Crippen LogP contribution is 2.27. The SMILES string of the molecule is Nc1cc(N2N=CCC2=O)ccc1O. The zero-order chi connectivity index (χ0) is 10.1. The molecule has 5 heteroatoms. The molecule has 1 amide bonds. The zero-order valence-electron chi connectivity index (χ0n) is 7.34. The first-order valence-corrected chi connectivity index (χ1v) is 4.12. The Bertz CT molecular complexity index is 415. The first-order chi connectivity index (χ1) is 6.68. The van der Waals surface area contributed by atoms with E-state index in [1.807, 2.05) is 0 Å². The number of hydrogen-bond donors (Lipinski definition) is 2. The molecule has 0 radical (unpaired) electrons. The van der Waals surface area contributed by atoms with E-state index in [2.05, 4.69) is 5.10 Å². The van der Waals surface area contributed by atoms with Crippen LogP contribution in [0.2, 0.25) is 0 Å². The van der Waals surface area contributed by atoms with Crippen LogP contribution in [0, 0.1) is 0 Å². The molecule has 0 bridgehead atoms. The van der Waals surface area contributed by atoms with Gasteiger partial charge in [-0.05, 0) is 18.2 Å². The van der Waals surface area contributed by atoms with E-state index >= 15 is 0 Å². The Hall–Kier alpha value is -2.04. The largest absolute Gasteiger partial charge is 0.506 e. The molecule has 1 aliphatic rings. The van der Waals surface area contributed by atoms with Gasteiger partial charge in [-0.1, -0.05) is 0 Å². The summed E-state index contributed by atoms with van der Waals surface area (Å²) in [6, 6.07) is 4.54. The van der Waals surface area contributed by atoms with Gasteiger partial charge in [-0.15, -0.1) is 0 Å². The highest BCUT2D eigenvalue weighted by atomic mass is 16.3. The fourth-order valence-electron chi connectivity index (χ4n) is 1.24. The van der Waals surface area contributed by atoms with Crippen LogP contribution >= 0.6 is 0 Å². The third kappa shape index (κ3) is 1.28. The van der Waals surface area contributed by atoms with Gasteiger partial charge >= 0.3 is 0 Å². The number of phenolic OH excluding ortho intramolecular Hbond substituents is 1. The zero-order valence-corrected chi connectivity index (χ0v) is 7.34. The van der Waals surface area contributed by atoms with Gasteiger partial charge in [-0.25, -0.2) is 5.01 Å². The number of nitrogens with zero attached hydrogens (tertiary/aromatic N) is 2. The molecule has 1 heterocycles. The molecule has 1 aromatic carbocycles. The maximum absolute atomic E-state index is 11.3. The number of hydrogen-bond acceptors (Lipinski definition) is 4. The summed E-state index contributed by atoms with van der Waals surface area (Å²) in [6.45, 7) is 0. The van der Waals surface area contributed by atoms with Gasteiger partial charge in [0.05, 0.1) is 17.8 Å². The molecule has 14 heavy (non-hydrogen) atoms. The van der Waals surface area contributed by atoms with Gasteiger partial charge in [0.15, 0.2) is 0 Å². The van der Waals surface area contributed by atoms with Crippen molar-refractivity contribution in [1.82, 2.24) is 0 Å². The van der Waals surface area contributed by atoms with Gasteiger partial charge in [0.2, 0.25) is 0 Å². The quantitative estimate of drug-likeness (QED) is 0.506. The van der Waals surface area contributed by atoms with Crippen LogP contribution in [-0.2, 0) is 4.79 Å². The summed E-state index contributed by atoms with van der Waals surface area (Å²) in [4.78, 5) is 11.3. The lowest BCUT2D eigenvalue weighted by Crippen LogP contribution is -2.19. The number of rotatable bonds is 1. The lowest BCUT2D eigenvalue weighted by molar-refractivity contribution is -0.116. The van der Waals surface area contributed by atoms with Gasteiger partial charge in [-0.2, -0.15) is 5.10 Å². The smallest absolute Gasteiger partial charge is 0.252 e. The van der Waals surface area contributed by atoms with Crippen molar-refractivity contribution < 1.29 is 9.90 Å². The number of nitrogens with two attached hydrogens (primary N) is 1. The summed E-state index contributed by atoms with van der Waals surface area (Å²) in [5.74, 6) is -0.0977. The van der Waals surface area contributed by atoms with E-state index in [0.29, 0.717) is 12.1 Å². The van der Waals surface area contributed by atoms with E-state index in [1.165, 1.54) is 23.4 Å². The molecule has 0 saturated heterocycles. The molecule has 5 nitrogen and oxygen atoms in total. The van der Waals surface area contributed by atoms with Crippen LogP contribution < -0.4 is 10.7 Å². The molecular formula is C9H9N3O2. The third-order valence-corrected chi connectivity index (χ3v) is 1.95. The number of aromatic hydroxyl groups is 1. The molecule has 0 fully saturated rings. The molecule has 3 N–H and O–H groups in total. The average molecular weight is 191 g/mol. The number of benzene rings is 1. The maximum atomic E-state index is 11.3. The molecular weight excluding hydrogens is 182 g/mol. The van der Waals surface area contributed by atoms with Gasteiger partial charge in [0.1, 0.15) is 5.75 Å². The highest BCUT2D eigenvalue weighted by Gasteiger charge is 2.18. The molecule has 0 unspecified atom stereocenters. The van der Waals surface area contributed by atoms with Crippen molar-refractivity contribution in [2.75, 3.05) is 10.7 Å². The number of nitrogen functional groups attached to an aromatic ring is 1. The van der Waals surface area contributed by atoms with Crippen molar-refractivity contribution in [2.45, 2.75) is 6.42 Å². The third-order valence-electron chi connectivity index (χ3n) is 1.95. The van der Waals surface area contributed by atoms with E-state index in [9.17, 15) is 9.90 Å². The summed E-state index contributed by atoms with van der Waals surface area (Å²) < 4.78 is 0. The van der Waals surface area contributed by atoms with Crippen LogP contribution in [0.4, 0.5) is 11.4 Å². The fourth-order valence-corrected chi connectivity index (χ4v) is 1.24. The normalized spacial score (nSPS) is 15.1. The van der Waals surface area contributed by atoms with Gasteiger partial charge in [0, 0.05) is 6.21 Å². The van der Waals surface area contributed by atoms with Crippen LogP contribution in [0.5, 0.6) is 5.75 Å². The van der Waals surface area contributed by atoms with Gasteiger partial charge in [0.25, 0.3) is 5.91 Å². The number of carbonyl (C=O) groups excluding carboxylic acids is 1. The standard InChI is InChI=1S/C9H9N3O2/c10-7-5-6(1-2-8(7)13)12-9(14)3-4-11-12/h1-2,4-5,13H,3,10H2. The first kappa shape index (κ1) is 8.55. The predicted molar refractivity (Wildman–Crippen MR) is 53.1 cm³/mol. The Morgan fingerprint density at radius 1 is 1.50 bits per heavy atom. The van der Waals surface area contributed by atoms with E-state index in [1.54, 1.807) is 6.07 Å². The Balaban J connectivity index is 2.37. The summed E-state index contributed by atoms with van der Waals surface area (Å²) in [7, 11) is 0. The van der Waals surface area contributed by atoms with Crippen LogP contribution in [0.3, 0.4) is 0 Å². The lowest BCUT2D eigenvalue weighted by Gasteiger charge is -2.12. The summed E-state index contributed by atoms with van der Waals surface area (Å²) >= 11 is 0. The van der Waals surface area contributed by atoms with Crippen molar-refractivity contribution in [3.63, 3.8) is 0 Å². The predicted octanol–water partition coefficient (Wildman–Crippen LogP) is 0.697. The molecule has 0 atom stereocenters. The Morgan fingerprint density at radius 3 is 2.86 bits per heavy atom. The van der Waals surface area contributed by atoms with Gasteiger partial charge < -0.3 is 10.8 Å². The second kappa shape index (κ2) is 3.02. The van der Waals surface area contributed by atoms with Crippen LogP contribution in [0.25, 0.3) is 0 Å². The molecule has 1 aliphatic heterocycles. The Kier molecular flexibility index (Phi) is 1.85. The topological polar surface area (TPSA) is 78.9 Å². The van der Waals surface area contributed by atoms with E-state index in [-0.39, 0.29) is 17.3 Å². The molecule has 72 valence electrons. The number of phenols is 1. The second-order valence-corrected chi connectivity index (χ2v) is 2.95. The summed E-state index contributed by atoms with van der Waals surface area (Å²) in [6.07, 6.45) is 1.84. The molecule has 0 aromatic heterocycles. The van der Waals surface area contributed by atoms with Gasteiger partial charge in [-0.3, -0.25) is 4.79 Å². The van der Waals surface area contributed by atoms with Crippen molar-refractivity contribution >= 4 is 23.5 Å². The molecule has 0 spiro atoms. The molecule has 0 aliphatic carbocycles. The minimum Gasteiger partial charge on any atom is -0.506 e. The number of anilines is 2. The Labute approximate surface area is 80.4 Å². The average Bonchev–Trinajstić information content (AvgIpc) is 2.57. The van der Waals surface area contributed by atoms with Crippen molar-refractivity contribution in [2.24, 2.45) is 5.10 Å². The van der Waals surface area contributed by atoms with Crippen LogP contribution in [0.1, 0.15) is 6.42 Å². The number of hydrazone groups is 1. The Morgan fingerprint density at radius 2 is 2.29 bits per heavy atom.